The lowest BCUT2D eigenvalue weighted by atomic mass is 9.90. The van der Waals surface area contributed by atoms with E-state index in [9.17, 15) is 9.18 Å². The number of benzene rings is 1. The molecule has 2 aromatic heterocycles. The fraction of sp³-hybridized carbons (Fsp3) is 0.350. The van der Waals surface area contributed by atoms with Crippen molar-refractivity contribution in [1.82, 2.24) is 20.1 Å². The maximum absolute atomic E-state index is 13.7. The van der Waals surface area contributed by atoms with Crippen LogP contribution in [-0.2, 0) is 18.3 Å². The molecule has 3 aromatic rings. The normalized spacial score (nSPS) is 19.1. The first kappa shape index (κ1) is 18.8. The van der Waals surface area contributed by atoms with E-state index in [1.807, 2.05) is 25.5 Å². The maximum atomic E-state index is 13.7. The van der Waals surface area contributed by atoms with Gasteiger partial charge in [0.05, 0.1) is 12.1 Å². The smallest absolute Gasteiger partial charge is 0.231 e. The highest BCUT2D eigenvalue weighted by Gasteiger charge is 2.35. The number of halogens is 1. The van der Waals surface area contributed by atoms with Gasteiger partial charge in [-0.2, -0.15) is 5.10 Å². The van der Waals surface area contributed by atoms with E-state index in [0.717, 1.165) is 22.5 Å². The van der Waals surface area contributed by atoms with Crippen LogP contribution >= 0.6 is 11.3 Å². The third-order valence-electron chi connectivity index (χ3n) is 5.10. The number of anilines is 1. The lowest BCUT2D eigenvalue weighted by Crippen LogP contribution is -2.27. The third-order valence-corrected chi connectivity index (χ3v) is 6.02. The molecule has 0 aliphatic carbocycles. The first-order chi connectivity index (χ1) is 13.5. The zero-order chi connectivity index (χ0) is 19.7. The second-order valence-electron chi connectivity index (χ2n) is 7.20. The van der Waals surface area contributed by atoms with Gasteiger partial charge in [-0.1, -0.05) is 12.1 Å². The van der Waals surface area contributed by atoms with Gasteiger partial charge in [-0.05, 0) is 29.7 Å². The SMILES string of the molecule is Cc1ccc(Cc2cnc(NC(=O)[C@H]3CNC[C@@H]3c3cnn(C)c3)s2)cc1F. The van der Waals surface area contributed by atoms with Gasteiger partial charge >= 0.3 is 0 Å². The molecule has 146 valence electrons. The van der Waals surface area contributed by atoms with E-state index in [1.165, 1.54) is 11.3 Å². The second-order valence-corrected chi connectivity index (χ2v) is 8.32. The average molecular weight is 399 g/mol. The highest BCUT2D eigenvalue weighted by atomic mass is 32.1. The zero-order valence-corrected chi connectivity index (χ0v) is 16.6. The van der Waals surface area contributed by atoms with Crippen LogP contribution < -0.4 is 10.6 Å². The van der Waals surface area contributed by atoms with Crippen LogP contribution in [0.5, 0.6) is 0 Å². The Labute approximate surface area is 166 Å². The highest BCUT2D eigenvalue weighted by Crippen LogP contribution is 2.30. The molecule has 0 saturated carbocycles. The third kappa shape index (κ3) is 3.98. The summed E-state index contributed by atoms with van der Waals surface area (Å²) in [5.74, 6) is -0.307. The molecular weight excluding hydrogens is 377 g/mol. The maximum Gasteiger partial charge on any atom is 0.231 e. The molecule has 0 unspecified atom stereocenters. The summed E-state index contributed by atoms with van der Waals surface area (Å²) in [7, 11) is 1.87. The van der Waals surface area contributed by atoms with Crippen LogP contribution in [0.25, 0.3) is 0 Å². The van der Waals surface area contributed by atoms with Crippen molar-refractivity contribution in [1.29, 1.82) is 0 Å². The van der Waals surface area contributed by atoms with Gasteiger partial charge in [0, 0.05) is 49.7 Å². The molecule has 28 heavy (non-hydrogen) atoms. The Balaban J connectivity index is 1.41. The molecule has 0 bridgehead atoms. The van der Waals surface area contributed by atoms with Crippen molar-refractivity contribution < 1.29 is 9.18 Å². The molecule has 0 spiro atoms. The minimum atomic E-state index is -0.203. The van der Waals surface area contributed by atoms with Crippen molar-refractivity contribution in [2.24, 2.45) is 13.0 Å². The molecule has 1 saturated heterocycles. The van der Waals surface area contributed by atoms with Crippen LogP contribution in [-0.4, -0.2) is 33.8 Å². The Morgan fingerprint density at radius 2 is 2.25 bits per heavy atom. The number of carbonyl (C=O) groups excluding carboxylic acids is 1. The molecule has 1 aromatic carbocycles. The van der Waals surface area contributed by atoms with Gasteiger partial charge < -0.3 is 10.6 Å². The Bertz CT molecular complexity index is 998. The lowest BCUT2D eigenvalue weighted by molar-refractivity contribution is -0.119. The summed E-state index contributed by atoms with van der Waals surface area (Å²) >= 11 is 1.42. The van der Waals surface area contributed by atoms with Crippen LogP contribution in [0.15, 0.2) is 36.8 Å². The van der Waals surface area contributed by atoms with Crippen molar-refractivity contribution in [3.05, 3.63) is 64.2 Å². The van der Waals surface area contributed by atoms with E-state index in [1.54, 1.807) is 29.9 Å². The van der Waals surface area contributed by atoms with Crippen molar-refractivity contribution >= 4 is 22.4 Å². The predicted molar refractivity (Wildman–Crippen MR) is 107 cm³/mol. The number of hydrogen-bond donors (Lipinski definition) is 2. The van der Waals surface area contributed by atoms with E-state index < -0.39 is 0 Å². The molecule has 2 atom stereocenters. The quantitative estimate of drug-likeness (QED) is 0.692. The van der Waals surface area contributed by atoms with Crippen LogP contribution in [0.4, 0.5) is 9.52 Å². The number of rotatable bonds is 5. The van der Waals surface area contributed by atoms with E-state index in [-0.39, 0.29) is 23.6 Å². The number of nitrogens with one attached hydrogen (secondary N) is 2. The summed E-state index contributed by atoms with van der Waals surface area (Å²) in [6, 6.07) is 5.25. The highest BCUT2D eigenvalue weighted by molar-refractivity contribution is 7.15. The van der Waals surface area contributed by atoms with Crippen molar-refractivity contribution in [2.75, 3.05) is 18.4 Å². The number of carbonyl (C=O) groups is 1. The van der Waals surface area contributed by atoms with E-state index in [4.69, 9.17) is 0 Å². The van der Waals surface area contributed by atoms with Gasteiger partial charge in [0.2, 0.25) is 5.91 Å². The molecule has 1 fully saturated rings. The van der Waals surface area contributed by atoms with Crippen molar-refractivity contribution in [3.8, 4) is 0 Å². The summed E-state index contributed by atoms with van der Waals surface area (Å²) in [6.07, 6.45) is 6.11. The Morgan fingerprint density at radius 1 is 1.39 bits per heavy atom. The first-order valence-electron chi connectivity index (χ1n) is 9.19. The molecule has 1 aliphatic rings. The number of aromatic nitrogens is 3. The number of amides is 1. The number of nitrogens with zero attached hydrogens (tertiary/aromatic N) is 3. The van der Waals surface area contributed by atoms with Gasteiger partial charge in [0.1, 0.15) is 5.82 Å². The van der Waals surface area contributed by atoms with E-state index in [0.29, 0.717) is 23.7 Å². The minimum Gasteiger partial charge on any atom is -0.315 e. The average Bonchev–Trinajstić information content (AvgIpc) is 3.39. The number of hydrogen-bond acceptors (Lipinski definition) is 5. The monoisotopic (exact) mass is 399 g/mol. The van der Waals surface area contributed by atoms with Gasteiger partial charge in [-0.15, -0.1) is 11.3 Å². The molecule has 4 rings (SSSR count). The molecule has 6 nitrogen and oxygen atoms in total. The van der Waals surface area contributed by atoms with Gasteiger partial charge in [-0.25, -0.2) is 9.37 Å². The lowest BCUT2D eigenvalue weighted by Gasteiger charge is -2.15. The number of aryl methyl sites for hydroxylation is 2. The van der Waals surface area contributed by atoms with Gasteiger partial charge in [0.25, 0.3) is 0 Å². The van der Waals surface area contributed by atoms with Crippen LogP contribution in [0.2, 0.25) is 0 Å². The molecular formula is C20H22FN5OS. The summed E-state index contributed by atoms with van der Waals surface area (Å²) in [5.41, 5.74) is 2.59. The second kappa shape index (κ2) is 7.81. The molecule has 1 aliphatic heterocycles. The molecule has 1 amide bonds. The summed E-state index contributed by atoms with van der Waals surface area (Å²) in [5, 5.41) is 11.0. The van der Waals surface area contributed by atoms with Crippen LogP contribution in [0, 0.1) is 18.7 Å². The predicted octanol–water partition coefficient (Wildman–Crippen LogP) is 2.86. The fourth-order valence-electron chi connectivity index (χ4n) is 3.53. The summed E-state index contributed by atoms with van der Waals surface area (Å²) in [4.78, 5) is 18.1. The van der Waals surface area contributed by atoms with Crippen molar-refractivity contribution in [2.45, 2.75) is 19.3 Å². The van der Waals surface area contributed by atoms with E-state index >= 15 is 0 Å². The van der Waals surface area contributed by atoms with Crippen molar-refractivity contribution in [3.63, 3.8) is 0 Å². The van der Waals surface area contributed by atoms with Crippen LogP contribution in [0.3, 0.4) is 0 Å². The van der Waals surface area contributed by atoms with E-state index in [2.05, 4.69) is 20.7 Å². The molecule has 8 heteroatoms. The minimum absolute atomic E-state index is 0.0406. The Hall–Kier alpha value is -2.58. The first-order valence-corrected chi connectivity index (χ1v) is 10.0. The van der Waals surface area contributed by atoms with Gasteiger partial charge in [-0.3, -0.25) is 9.48 Å². The van der Waals surface area contributed by atoms with Crippen LogP contribution in [0.1, 0.15) is 27.5 Å². The largest absolute Gasteiger partial charge is 0.315 e. The Morgan fingerprint density at radius 3 is 3.00 bits per heavy atom. The summed E-state index contributed by atoms with van der Waals surface area (Å²) in [6.45, 7) is 3.13. The standard InChI is InChI=1S/C20H22FN5OS/c1-12-3-4-13(6-18(12)21)5-15-8-23-20(28-15)25-19(27)17-10-22-9-16(17)14-7-24-26(2)11-14/h3-4,6-8,11,16-17,22H,5,9-10H2,1-2H3,(H,23,25,27)/t16-,17+/m1/s1. The zero-order valence-electron chi connectivity index (χ0n) is 15.8. The molecule has 0 radical (unpaired) electrons. The van der Waals surface area contributed by atoms with Gasteiger partial charge in [0.15, 0.2) is 5.13 Å². The topological polar surface area (TPSA) is 71.8 Å². The number of thiazole rings is 1. The fourth-order valence-corrected chi connectivity index (χ4v) is 4.38. The summed E-state index contributed by atoms with van der Waals surface area (Å²) < 4.78 is 15.5. The molecule has 2 N–H and O–H groups in total. The molecule has 3 heterocycles. The Kier molecular flexibility index (Phi) is 5.23.